The van der Waals surface area contributed by atoms with Crippen LogP contribution in [0.25, 0.3) is 0 Å². The second-order valence-electron chi connectivity index (χ2n) is 7.12. The maximum absolute atomic E-state index is 12.7. The van der Waals surface area contributed by atoms with E-state index in [0.29, 0.717) is 37.4 Å². The molecule has 0 spiro atoms. The lowest BCUT2D eigenvalue weighted by Gasteiger charge is -2.32. The fourth-order valence-corrected chi connectivity index (χ4v) is 4.56. The fourth-order valence-electron chi connectivity index (χ4n) is 3.72. The van der Waals surface area contributed by atoms with Crippen LogP contribution in [-0.4, -0.2) is 57.7 Å². The molecule has 1 aromatic carbocycles. The third-order valence-corrected chi connectivity index (χ3v) is 5.85. The van der Waals surface area contributed by atoms with Crippen LogP contribution in [0.1, 0.15) is 47.5 Å². The van der Waals surface area contributed by atoms with Gasteiger partial charge >= 0.3 is 0 Å². The van der Waals surface area contributed by atoms with Gasteiger partial charge < -0.3 is 10.2 Å². The first-order chi connectivity index (χ1) is 11.9. The molecule has 1 unspecified atom stereocenters. The van der Waals surface area contributed by atoms with Crippen molar-refractivity contribution in [3.8, 4) is 0 Å². The van der Waals surface area contributed by atoms with E-state index in [9.17, 15) is 13.2 Å². The van der Waals surface area contributed by atoms with Crippen LogP contribution in [0.2, 0.25) is 0 Å². The zero-order chi connectivity index (χ0) is 17.9. The maximum Gasteiger partial charge on any atom is 0.253 e. The molecule has 2 saturated heterocycles. The van der Waals surface area contributed by atoms with E-state index in [2.05, 4.69) is 22.2 Å². The quantitative estimate of drug-likeness (QED) is 0.843. The molecule has 2 N–H and O–H groups in total. The molecule has 2 aliphatic rings. The van der Waals surface area contributed by atoms with Crippen LogP contribution < -0.4 is 10.0 Å². The summed E-state index contributed by atoms with van der Waals surface area (Å²) in [6.07, 6.45) is 4.88. The minimum absolute atomic E-state index is 0.0334. The van der Waals surface area contributed by atoms with E-state index in [0.717, 1.165) is 13.1 Å². The first-order valence-electron chi connectivity index (χ1n) is 8.99. The number of nitrogens with one attached hydrogen (secondary N) is 2. The number of benzene rings is 1. The maximum atomic E-state index is 12.7. The van der Waals surface area contributed by atoms with Gasteiger partial charge in [0.15, 0.2) is 0 Å². The number of carbonyl (C=O) groups excluding carboxylic acids is 1. The lowest BCUT2D eigenvalue weighted by atomic mass is 9.91. The van der Waals surface area contributed by atoms with Gasteiger partial charge in [0.2, 0.25) is 10.0 Å². The highest BCUT2D eigenvalue weighted by molar-refractivity contribution is 7.88. The average molecular weight is 365 g/mol. The van der Waals surface area contributed by atoms with Crippen LogP contribution >= 0.6 is 0 Å². The highest BCUT2D eigenvalue weighted by atomic mass is 32.2. The Kier molecular flexibility index (Phi) is 5.76. The molecule has 25 heavy (non-hydrogen) atoms. The van der Waals surface area contributed by atoms with Gasteiger partial charge in [-0.2, -0.15) is 0 Å². The topological polar surface area (TPSA) is 78.5 Å². The van der Waals surface area contributed by atoms with E-state index < -0.39 is 10.0 Å². The Balaban J connectivity index is 1.56. The molecule has 0 aliphatic carbocycles. The lowest BCUT2D eigenvalue weighted by molar-refractivity contribution is 0.0711. The van der Waals surface area contributed by atoms with Gasteiger partial charge in [-0.1, -0.05) is 12.1 Å². The smallest absolute Gasteiger partial charge is 0.253 e. The average Bonchev–Trinajstić information content (AvgIpc) is 2.61. The summed E-state index contributed by atoms with van der Waals surface area (Å²) in [5.41, 5.74) is 2.00. The van der Waals surface area contributed by atoms with E-state index in [1.807, 2.05) is 17.0 Å². The number of likely N-dealkylation sites (tertiary alicyclic amines) is 1. The molecule has 2 heterocycles. The Morgan fingerprint density at radius 2 is 1.84 bits per heavy atom. The number of hydrogen-bond acceptors (Lipinski definition) is 4. The van der Waals surface area contributed by atoms with E-state index in [-0.39, 0.29) is 11.9 Å². The molecule has 0 bridgehead atoms. The van der Waals surface area contributed by atoms with Crippen molar-refractivity contribution in [3.63, 3.8) is 0 Å². The van der Waals surface area contributed by atoms with Crippen LogP contribution in [0, 0.1) is 0 Å². The summed E-state index contributed by atoms with van der Waals surface area (Å²) in [5.74, 6) is 0.571. The normalized spacial score (nSPS) is 22.8. The van der Waals surface area contributed by atoms with Crippen molar-refractivity contribution in [1.82, 2.24) is 14.9 Å². The van der Waals surface area contributed by atoms with Gasteiger partial charge in [0.25, 0.3) is 5.91 Å². The number of rotatable bonds is 4. The van der Waals surface area contributed by atoms with E-state index in [1.54, 1.807) is 0 Å². The lowest BCUT2D eigenvalue weighted by Crippen LogP contribution is -2.46. The Morgan fingerprint density at radius 3 is 2.40 bits per heavy atom. The molecule has 1 aromatic rings. The molecular weight excluding hydrogens is 338 g/mol. The summed E-state index contributed by atoms with van der Waals surface area (Å²) in [6, 6.07) is 7.92. The molecular formula is C18H27N3O3S. The van der Waals surface area contributed by atoms with Crippen molar-refractivity contribution in [3.05, 3.63) is 35.4 Å². The van der Waals surface area contributed by atoms with Crippen LogP contribution in [-0.2, 0) is 10.0 Å². The second-order valence-corrected chi connectivity index (χ2v) is 8.90. The number of hydrogen-bond donors (Lipinski definition) is 2. The second kappa shape index (κ2) is 7.85. The van der Waals surface area contributed by atoms with E-state index >= 15 is 0 Å². The minimum atomic E-state index is -3.19. The highest BCUT2D eigenvalue weighted by Gasteiger charge is 2.25. The number of nitrogens with zero attached hydrogens (tertiary/aromatic N) is 1. The van der Waals surface area contributed by atoms with Crippen molar-refractivity contribution in [2.24, 2.45) is 0 Å². The molecule has 0 saturated carbocycles. The van der Waals surface area contributed by atoms with Gasteiger partial charge in [-0.3, -0.25) is 4.79 Å². The number of sulfonamides is 1. The van der Waals surface area contributed by atoms with Crippen molar-refractivity contribution in [2.45, 2.75) is 37.6 Å². The summed E-state index contributed by atoms with van der Waals surface area (Å²) < 4.78 is 25.2. The Morgan fingerprint density at radius 1 is 1.16 bits per heavy atom. The standard InChI is InChI=1S/C18H27N3O3S/c1-25(23,24)20-17-8-11-21(12-9-17)18(22)15-6-4-14(5-7-15)16-3-2-10-19-13-16/h4-7,16-17,19-20H,2-3,8-13H2,1H3. The third kappa shape index (κ3) is 5.03. The van der Waals surface area contributed by atoms with Crippen LogP contribution in [0.5, 0.6) is 0 Å². The van der Waals surface area contributed by atoms with Gasteiger partial charge in [-0.15, -0.1) is 0 Å². The first kappa shape index (κ1) is 18.4. The molecule has 7 heteroatoms. The SMILES string of the molecule is CS(=O)(=O)NC1CCN(C(=O)c2ccc(C3CCCNC3)cc2)CC1. The monoisotopic (exact) mass is 365 g/mol. The molecule has 6 nitrogen and oxygen atoms in total. The Hall–Kier alpha value is -1.44. The molecule has 0 radical (unpaired) electrons. The largest absolute Gasteiger partial charge is 0.339 e. The van der Waals surface area contributed by atoms with E-state index in [4.69, 9.17) is 0 Å². The molecule has 1 amide bonds. The summed E-state index contributed by atoms with van der Waals surface area (Å²) >= 11 is 0. The summed E-state index contributed by atoms with van der Waals surface area (Å²) in [4.78, 5) is 14.5. The molecule has 0 aromatic heterocycles. The van der Waals surface area contributed by atoms with Crippen molar-refractivity contribution in [2.75, 3.05) is 32.4 Å². The van der Waals surface area contributed by atoms with Gasteiger partial charge in [0.1, 0.15) is 0 Å². The molecule has 1 atom stereocenters. The zero-order valence-corrected chi connectivity index (χ0v) is 15.5. The van der Waals surface area contributed by atoms with Gasteiger partial charge in [0, 0.05) is 31.2 Å². The minimum Gasteiger partial charge on any atom is -0.339 e. The predicted octanol–water partition coefficient (Wildman–Crippen LogP) is 1.31. The Bertz CT molecular complexity index is 689. The highest BCUT2D eigenvalue weighted by Crippen LogP contribution is 2.24. The van der Waals surface area contributed by atoms with Crippen molar-refractivity contribution in [1.29, 1.82) is 0 Å². The first-order valence-corrected chi connectivity index (χ1v) is 10.9. The van der Waals surface area contributed by atoms with E-state index in [1.165, 1.54) is 24.7 Å². The molecule has 3 rings (SSSR count). The van der Waals surface area contributed by atoms with Gasteiger partial charge in [-0.25, -0.2) is 13.1 Å². The number of amides is 1. The third-order valence-electron chi connectivity index (χ3n) is 5.09. The number of piperidine rings is 2. The molecule has 2 fully saturated rings. The van der Waals surface area contributed by atoms with Crippen LogP contribution in [0.15, 0.2) is 24.3 Å². The molecule has 138 valence electrons. The van der Waals surface area contributed by atoms with Crippen LogP contribution in [0.3, 0.4) is 0 Å². The predicted molar refractivity (Wildman–Crippen MR) is 98.2 cm³/mol. The zero-order valence-electron chi connectivity index (χ0n) is 14.7. The van der Waals surface area contributed by atoms with Crippen molar-refractivity contribution >= 4 is 15.9 Å². The summed E-state index contributed by atoms with van der Waals surface area (Å²) in [6.45, 7) is 3.27. The Labute approximate surface area is 150 Å². The van der Waals surface area contributed by atoms with Gasteiger partial charge in [0.05, 0.1) is 6.26 Å². The van der Waals surface area contributed by atoms with Crippen LogP contribution in [0.4, 0.5) is 0 Å². The fraction of sp³-hybridized carbons (Fsp3) is 0.611. The molecule has 2 aliphatic heterocycles. The summed E-state index contributed by atoms with van der Waals surface area (Å²) in [5, 5.41) is 3.42. The number of carbonyl (C=O) groups is 1. The van der Waals surface area contributed by atoms with Crippen molar-refractivity contribution < 1.29 is 13.2 Å². The van der Waals surface area contributed by atoms with Gasteiger partial charge in [-0.05, 0) is 55.8 Å². The summed E-state index contributed by atoms with van der Waals surface area (Å²) in [7, 11) is -3.19.